The Morgan fingerprint density at radius 3 is 2.67 bits per heavy atom. The van der Waals surface area contributed by atoms with Crippen LogP contribution in [-0.4, -0.2) is 44.2 Å². The summed E-state index contributed by atoms with van der Waals surface area (Å²) in [5, 5.41) is 16.0. The molecule has 1 N–H and O–H groups in total. The van der Waals surface area contributed by atoms with Crippen LogP contribution in [0.15, 0.2) is 15.7 Å². The first-order chi connectivity index (χ1) is 13.0. The molecular formula is C18H26N6O2S. The zero-order chi connectivity index (χ0) is 19.0. The Bertz CT molecular complexity index is 807. The van der Waals surface area contributed by atoms with Gasteiger partial charge in [0.2, 0.25) is 17.7 Å². The van der Waals surface area contributed by atoms with E-state index >= 15 is 0 Å². The van der Waals surface area contributed by atoms with Gasteiger partial charge in [0, 0.05) is 25.2 Å². The van der Waals surface area contributed by atoms with Crippen molar-refractivity contribution >= 4 is 29.5 Å². The van der Waals surface area contributed by atoms with Gasteiger partial charge in [0.25, 0.3) is 0 Å². The fourth-order valence-electron chi connectivity index (χ4n) is 3.28. The second kappa shape index (κ2) is 7.53. The summed E-state index contributed by atoms with van der Waals surface area (Å²) >= 11 is 1.45. The molecule has 0 aromatic carbocycles. The summed E-state index contributed by atoms with van der Waals surface area (Å²) in [4.78, 5) is 14.8. The molecule has 146 valence electrons. The van der Waals surface area contributed by atoms with Crippen molar-refractivity contribution in [1.29, 1.82) is 0 Å². The van der Waals surface area contributed by atoms with Gasteiger partial charge in [-0.05, 0) is 45.4 Å². The Kier molecular flexibility index (Phi) is 5.12. The van der Waals surface area contributed by atoms with Crippen LogP contribution in [-0.2, 0) is 4.79 Å². The van der Waals surface area contributed by atoms with Gasteiger partial charge in [0.15, 0.2) is 5.16 Å². The summed E-state index contributed by atoms with van der Waals surface area (Å²) in [6.07, 6.45) is 4.69. The SMILES string of the molecule is Cc1cc(NC(=O)C(C)Sc2nnc(N3CCC(C)CC3)n2C2CC2)on1. The summed E-state index contributed by atoms with van der Waals surface area (Å²) in [6, 6.07) is 2.17. The highest BCUT2D eigenvalue weighted by atomic mass is 32.2. The fraction of sp³-hybridized carbons (Fsp3) is 0.667. The first kappa shape index (κ1) is 18.3. The van der Waals surface area contributed by atoms with Gasteiger partial charge in [-0.3, -0.25) is 14.7 Å². The van der Waals surface area contributed by atoms with Crippen molar-refractivity contribution in [3.05, 3.63) is 11.8 Å². The van der Waals surface area contributed by atoms with Crippen LogP contribution in [0.4, 0.5) is 11.8 Å². The second-order valence-electron chi connectivity index (χ2n) is 7.64. The van der Waals surface area contributed by atoms with Crippen molar-refractivity contribution in [3.8, 4) is 0 Å². The van der Waals surface area contributed by atoms with Crippen molar-refractivity contribution in [2.75, 3.05) is 23.3 Å². The zero-order valence-electron chi connectivity index (χ0n) is 16.0. The van der Waals surface area contributed by atoms with Crippen LogP contribution >= 0.6 is 11.8 Å². The molecule has 9 heteroatoms. The molecule has 0 bridgehead atoms. The van der Waals surface area contributed by atoms with E-state index in [1.165, 1.54) is 24.6 Å². The van der Waals surface area contributed by atoms with E-state index in [1.54, 1.807) is 6.07 Å². The van der Waals surface area contributed by atoms with Crippen molar-refractivity contribution in [2.45, 2.75) is 62.9 Å². The largest absolute Gasteiger partial charge is 0.341 e. The number of anilines is 2. The highest BCUT2D eigenvalue weighted by Crippen LogP contribution is 2.42. The van der Waals surface area contributed by atoms with E-state index in [2.05, 4.69) is 37.1 Å². The number of carbonyl (C=O) groups excluding carboxylic acids is 1. The molecule has 1 saturated carbocycles. The molecule has 4 rings (SSSR count). The number of nitrogens with one attached hydrogen (secondary N) is 1. The van der Waals surface area contributed by atoms with Gasteiger partial charge >= 0.3 is 0 Å². The molecule has 2 aliphatic rings. The van der Waals surface area contributed by atoms with Gasteiger partial charge in [0.1, 0.15) is 0 Å². The molecule has 1 atom stereocenters. The van der Waals surface area contributed by atoms with Gasteiger partial charge in [-0.25, -0.2) is 0 Å². The van der Waals surface area contributed by atoms with E-state index in [-0.39, 0.29) is 11.2 Å². The lowest BCUT2D eigenvalue weighted by Crippen LogP contribution is -2.34. The molecule has 0 radical (unpaired) electrons. The van der Waals surface area contributed by atoms with Gasteiger partial charge < -0.3 is 9.42 Å². The van der Waals surface area contributed by atoms with E-state index in [0.717, 1.165) is 48.6 Å². The van der Waals surface area contributed by atoms with Crippen molar-refractivity contribution in [2.24, 2.45) is 5.92 Å². The number of hydrogen-bond acceptors (Lipinski definition) is 7. The quantitative estimate of drug-likeness (QED) is 0.757. The lowest BCUT2D eigenvalue weighted by molar-refractivity contribution is -0.115. The first-order valence-corrected chi connectivity index (χ1v) is 10.5. The maximum absolute atomic E-state index is 12.5. The number of piperidine rings is 1. The number of carbonyl (C=O) groups is 1. The van der Waals surface area contributed by atoms with E-state index < -0.39 is 0 Å². The van der Waals surface area contributed by atoms with E-state index in [9.17, 15) is 4.79 Å². The van der Waals surface area contributed by atoms with Gasteiger partial charge in [-0.15, -0.1) is 10.2 Å². The summed E-state index contributed by atoms with van der Waals surface area (Å²) in [5.74, 6) is 1.98. The number of hydrogen-bond donors (Lipinski definition) is 1. The molecule has 1 amide bonds. The molecular weight excluding hydrogens is 364 g/mol. The minimum Gasteiger partial charge on any atom is -0.341 e. The monoisotopic (exact) mass is 390 g/mol. The smallest absolute Gasteiger partial charge is 0.240 e. The van der Waals surface area contributed by atoms with Crippen molar-refractivity contribution < 1.29 is 9.32 Å². The lowest BCUT2D eigenvalue weighted by atomic mass is 10.00. The van der Waals surface area contributed by atoms with Gasteiger partial charge in [0.05, 0.1) is 10.9 Å². The Morgan fingerprint density at radius 2 is 2.04 bits per heavy atom. The minimum absolute atomic E-state index is 0.130. The molecule has 27 heavy (non-hydrogen) atoms. The highest BCUT2D eigenvalue weighted by Gasteiger charge is 2.33. The molecule has 1 aliphatic carbocycles. The summed E-state index contributed by atoms with van der Waals surface area (Å²) < 4.78 is 7.31. The molecule has 1 aliphatic heterocycles. The van der Waals surface area contributed by atoms with Crippen LogP contribution in [0.3, 0.4) is 0 Å². The summed E-state index contributed by atoms with van der Waals surface area (Å²) in [6.45, 7) is 8.05. The fourth-order valence-corrected chi connectivity index (χ4v) is 4.20. The number of thioether (sulfide) groups is 1. The van der Waals surface area contributed by atoms with Crippen LogP contribution in [0.5, 0.6) is 0 Å². The number of aromatic nitrogens is 4. The van der Waals surface area contributed by atoms with Crippen LogP contribution in [0.25, 0.3) is 0 Å². The molecule has 0 spiro atoms. The van der Waals surface area contributed by atoms with Gasteiger partial charge in [-0.2, -0.15) is 0 Å². The summed E-state index contributed by atoms with van der Waals surface area (Å²) in [5.41, 5.74) is 0.736. The Balaban J connectivity index is 1.46. The van der Waals surface area contributed by atoms with E-state index in [0.29, 0.717) is 11.9 Å². The predicted octanol–water partition coefficient (Wildman–Crippen LogP) is 3.27. The second-order valence-corrected chi connectivity index (χ2v) is 8.94. The Labute approximate surface area is 163 Å². The summed E-state index contributed by atoms with van der Waals surface area (Å²) in [7, 11) is 0. The molecule has 8 nitrogen and oxygen atoms in total. The average Bonchev–Trinajstić information content (AvgIpc) is 3.28. The van der Waals surface area contributed by atoms with Crippen LogP contribution in [0.2, 0.25) is 0 Å². The van der Waals surface area contributed by atoms with Crippen LogP contribution < -0.4 is 10.2 Å². The normalized spacial score (nSPS) is 19.3. The van der Waals surface area contributed by atoms with Crippen molar-refractivity contribution in [1.82, 2.24) is 19.9 Å². The third-order valence-corrected chi connectivity index (χ3v) is 6.21. The number of amides is 1. The average molecular weight is 391 g/mol. The topological polar surface area (TPSA) is 89.1 Å². The number of aryl methyl sites for hydroxylation is 1. The Morgan fingerprint density at radius 1 is 1.30 bits per heavy atom. The molecule has 2 aromatic heterocycles. The molecule has 1 saturated heterocycles. The minimum atomic E-state index is -0.314. The van der Waals surface area contributed by atoms with Crippen molar-refractivity contribution in [3.63, 3.8) is 0 Å². The molecule has 1 unspecified atom stereocenters. The third kappa shape index (κ3) is 4.12. The molecule has 3 heterocycles. The van der Waals surface area contributed by atoms with Crippen LogP contribution in [0.1, 0.15) is 51.3 Å². The predicted molar refractivity (Wildman–Crippen MR) is 104 cm³/mol. The molecule has 2 fully saturated rings. The zero-order valence-corrected chi connectivity index (χ0v) is 16.8. The highest BCUT2D eigenvalue weighted by molar-refractivity contribution is 8.00. The van der Waals surface area contributed by atoms with Crippen LogP contribution in [0, 0.1) is 12.8 Å². The standard InChI is InChI=1S/C18H26N6O2S/c1-11-6-8-23(9-7-11)17-20-21-18(24(17)14-4-5-14)27-13(3)16(25)19-15-10-12(2)22-26-15/h10-11,13-14H,4-9H2,1-3H3,(H,19,25). The number of rotatable bonds is 6. The molecule has 2 aromatic rings. The first-order valence-electron chi connectivity index (χ1n) is 9.62. The van der Waals surface area contributed by atoms with Gasteiger partial charge in [-0.1, -0.05) is 23.8 Å². The Hall–Kier alpha value is -2.03. The maximum Gasteiger partial charge on any atom is 0.240 e. The maximum atomic E-state index is 12.5. The van der Waals surface area contributed by atoms with E-state index in [4.69, 9.17) is 4.52 Å². The van der Waals surface area contributed by atoms with E-state index in [1.807, 2.05) is 13.8 Å². The number of nitrogens with zero attached hydrogens (tertiary/aromatic N) is 5. The third-order valence-electron chi connectivity index (χ3n) is 5.15. The lowest BCUT2D eigenvalue weighted by Gasteiger charge is -2.31.